The molecule has 0 bridgehead atoms. The minimum atomic E-state index is -0.987. The fraction of sp³-hybridized carbons (Fsp3) is 0.471. The van der Waals surface area contributed by atoms with Crippen molar-refractivity contribution < 1.29 is 19.0 Å². The molecule has 1 unspecified atom stereocenters. The molecule has 0 amide bonds. The van der Waals surface area contributed by atoms with Gasteiger partial charge in [-0.3, -0.25) is 4.79 Å². The third kappa shape index (κ3) is 4.54. The molecule has 1 rings (SSSR count). The lowest BCUT2D eigenvalue weighted by Gasteiger charge is -2.34. The molecule has 0 heterocycles. The van der Waals surface area contributed by atoms with E-state index >= 15 is 0 Å². The highest BCUT2D eigenvalue weighted by molar-refractivity contribution is 14.1. The van der Waals surface area contributed by atoms with Gasteiger partial charge in [-0.1, -0.05) is 24.8 Å². The van der Waals surface area contributed by atoms with E-state index in [0.29, 0.717) is 18.4 Å². The summed E-state index contributed by atoms with van der Waals surface area (Å²) in [7, 11) is 4.50. The predicted molar refractivity (Wildman–Crippen MR) is 94.5 cm³/mol. The average Bonchev–Trinajstić information content (AvgIpc) is 2.52. The highest BCUT2D eigenvalue weighted by Gasteiger charge is 2.37. The Morgan fingerprint density at radius 3 is 2.32 bits per heavy atom. The molecule has 4 nitrogen and oxygen atoms in total. The first-order valence-corrected chi connectivity index (χ1v) is 8.05. The Balaban J connectivity index is 3.06. The maximum Gasteiger partial charge on any atom is 0.309 e. The standard InChI is InChI=1S/C17H23IO4/c1-12(2)17(21-4,22-5)11-14(16(19)20-3)10-13-8-6-7-9-15(13)18/h6-9,14H,1,10-11H2,2-5H3. The van der Waals surface area contributed by atoms with Crippen LogP contribution in [0.25, 0.3) is 0 Å². The van der Waals surface area contributed by atoms with E-state index in [-0.39, 0.29) is 11.9 Å². The van der Waals surface area contributed by atoms with E-state index in [4.69, 9.17) is 14.2 Å². The van der Waals surface area contributed by atoms with Crippen molar-refractivity contribution in [2.75, 3.05) is 21.3 Å². The number of benzene rings is 1. The number of hydrogen-bond donors (Lipinski definition) is 0. The maximum absolute atomic E-state index is 12.2. The number of carbonyl (C=O) groups is 1. The third-order valence-electron chi connectivity index (χ3n) is 3.78. The van der Waals surface area contributed by atoms with Crippen LogP contribution in [0.1, 0.15) is 18.9 Å². The van der Waals surface area contributed by atoms with Crippen molar-refractivity contribution in [1.29, 1.82) is 0 Å². The second kappa shape index (κ2) is 8.64. The van der Waals surface area contributed by atoms with Crippen LogP contribution in [0.3, 0.4) is 0 Å². The van der Waals surface area contributed by atoms with Gasteiger partial charge in [-0.05, 0) is 53.1 Å². The van der Waals surface area contributed by atoms with Gasteiger partial charge in [0.25, 0.3) is 0 Å². The largest absolute Gasteiger partial charge is 0.469 e. The zero-order valence-corrected chi connectivity index (χ0v) is 15.7. The molecule has 0 aliphatic rings. The zero-order valence-electron chi connectivity index (χ0n) is 13.5. The lowest BCUT2D eigenvalue weighted by molar-refractivity contribution is -0.194. The minimum Gasteiger partial charge on any atom is -0.469 e. The van der Waals surface area contributed by atoms with Crippen LogP contribution in [0.15, 0.2) is 36.4 Å². The van der Waals surface area contributed by atoms with Crippen LogP contribution in [0.2, 0.25) is 0 Å². The number of ether oxygens (including phenoxy) is 3. The van der Waals surface area contributed by atoms with Crippen LogP contribution < -0.4 is 0 Å². The van der Waals surface area contributed by atoms with Crippen LogP contribution in [0.4, 0.5) is 0 Å². The van der Waals surface area contributed by atoms with Crippen molar-refractivity contribution in [3.05, 3.63) is 45.6 Å². The molecule has 0 aliphatic carbocycles. The van der Waals surface area contributed by atoms with Crippen LogP contribution in [0, 0.1) is 9.49 Å². The average molecular weight is 418 g/mol. The summed E-state index contributed by atoms with van der Waals surface area (Å²) >= 11 is 2.27. The normalized spacial score (nSPS) is 12.8. The van der Waals surface area contributed by atoms with Gasteiger partial charge in [-0.2, -0.15) is 0 Å². The van der Waals surface area contributed by atoms with E-state index in [1.165, 1.54) is 7.11 Å². The van der Waals surface area contributed by atoms with E-state index in [0.717, 1.165) is 9.13 Å². The first-order chi connectivity index (χ1) is 10.4. The Morgan fingerprint density at radius 2 is 1.86 bits per heavy atom. The number of esters is 1. The molecule has 5 heteroatoms. The molecule has 0 fully saturated rings. The molecular weight excluding hydrogens is 395 g/mol. The molecule has 0 aliphatic heterocycles. The second-order valence-corrected chi connectivity index (χ2v) is 6.32. The summed E-state index contributed by atoms with van der Waals surface area (Å²) in [5, 5.41) is 0. The SMILES string of the molecule is C=C(C)C(CC(Cc1ccccc1I)C(=O)OC)(OC)OC. The molecule has 1 atom stereocenters. The van der Waals surface area contributed by atoms with Crippen molar-refractivity contribution in [2.45, 2.75) is 25.6 Å². The molecule has 1 aromatic rings. The van der Waals surface area contributed by atoms with Crippen LogP contribution in [-0.2, 0) is 25.4 Å². The van der Waals surface area contributed by atoms with Crippen molar-refractivity contribution in [1.82, 2.24) is 0 Å². The van der Waals surface area contributed by atoms with Crippen LogP contribution in [-0.4, -0.2) is 33.1 Å². The van der Waals surface area contributed by atoms with Gasteiger partial charge in [-0.25, -0.2) is 0 Å². The Hall–Kier alpha value is -0.920. The van der Waals surface area contributed by atoms with E-state index in [1.807, 2.05) is 31.2 Å². The Bertz CT molecular complexity index is 523. The number of carbonyl (C=O) groups excluding carboxylic acids is 1. The number of rotatable bonds is 8. The second-order valence-electron chi connectivity index (χ2n) is 5.16. The molecule has 0 saturated heterocycles. The summed E-state index contributed by atoms with van der Waals surface area (Å²) in [4.78, 5) is 12.2. The summed E-state index contributed by atoms with van der Waals surface area (Å²) in [6.45, 7) is 5.76. The summed E-state index contributed by atoms with van der Waals surface area (Å²) < 4.78 is 17.1. The number of hydrogen-bond acceptors (Lipinski definition) is 4. The van der Waals surface area contributed by atoms with Gasteiger partial charge in [0.2, 0.25) is 0 Å². The molecule has 0 radical (unpaired) electrons. The third-order valence-corrected chi connectivity index (χ3v) is 4.84. The monoisotopic (exact) mass is 418 g/mol. The summed E-state index contributed by atoms with van der Waals surface area (Å²) in [5.74, 6) is -1.64. The highest BCUT2D eigenvalue weighted by Crippen LogP contribution is 2.31. The Kier molecular flexibility index (Phi) is 7.52. The first-order valence-electron chi connectivity index (χ1n) is 6.97. The van der Waals surface area contributed by atoms with Crippen LogP contribution in [0.5, 0.6) is 0 Å². The quantitative estimate of drug-likeness (QED) is 0.280. The van der Waals surface area contributed by atoms with Gasteiger partial charge in [0.15, 0.2) is 5.79 Å². The van der Waals surface area contributed by atoms with E-state index in [1.54, 1.807) is 14.2 Å². The van der Waals surface area contributed by atoms with E-state index in [9.17, 15) is 4.79 Å². The molecule has 0 aromatic heterocycles. The molecule has 0 saturated carbocycles. The Morgan fingerprint density at radius 1 is 1.27 bits per heavy atom. The Labute approximate surface area is 146 Å². The maximum atomic E-state index is 12.2. The van der Waals surface area contributed by atoms with Crippen molar-refractivity contribution in [3.63, 3.8) is 0 Å². The van der Waals surface area contributed by atoms with Gasteiger partial charge >= 0.3 is 5.97 Å². The lowest BCUT2D eigenvalue weighted by Crippen LogP contribution is -2.39. The van der Waals surface area contributed by atoms with Gasteiger partial charge < -0.3 is 14.2 Å². The fourth-order valence-corrected chi connectivity index (χ4v) is 3.04. The molecule has 0 N–H and O–H groups in total. The lowest BCUT2D eigenvalue weighted by atomic mass is 9.89. The first kappa shape index (κ1) is 19.1. The van der Waals surface area contributed by atoms with E-state index < -0.39 is 5.79 Å². The molecule has 122 valence electrons. The van der Waals surface area contributed by atoms with Crippen LogP contribution >= 0.6 is 22.6 Å². The summed E-state index contributed by atoms with van der Waals surface area (Å²) in [6, 6.07) is 7.97. The number of methoxy groups -OCH3 is 3. The molecule has 1 aromatic carbocycles. The minimum absolute atomic E-state index is 0.278. The zero-order chi connectivity index (χ0) is 16.8. The van der Waals surface area contributed by atoms with Gasteiger partial charge in [0, 0.05) is 24.2 Å². The van der Waals surface area contributed by atoms with Crippen molar-refractivity contribution >= 4 is 28.6 Å². The summed E-state index contributed by atoms with van der Waals surface area (Å²) in [6.07, 6.45) is 0.917. The van der Waals surface area contributed by atoms with Gasteiger partial charge in [-0.15, -0.1) is 0 Å². The molecule has 22 heavy (non-hydrogen) atoms. The molecular formula is C17H23IO4. The van der Waals surface area contributed by atoms with Gasteiger partial charge in [0.05, 0.1) is 13.0 Å². The van der Waals surface area contributed by atoms with Gasteiger partial charge in [0.1, 0.15) is 0 Å². The molecule has 0 spiro atoms. The number of halogens is 1. The van der Waals surface area contributed by atoms with E-state index in [2.05, 4.69) is 29.2 Å². The fourth-order valence-electron chi connectivity index (χ4n) is 2.43. The van der Waals surface area contributed by atoms with Crippen molar-refractivity contribution in [3.8, 4) is 0 Å². The topological polar surface area (TPSA) is 44.8 Å². The van der Waals surface area contributed by atoms with Crippen molar-refractivity contribution in [2.24, 2.45) is 5.92 Å². The smallest absolute Gasteiger partial charge is 0.309 e. The predicted octanol–water partition coefficient (Wildman–Crippen LogP) is 3.58. The highest BCUT2D eigenvalue weighted by atomic mass is 127. The summed E-state index contributed by atoms with van der Waals surface area (Å²) in [5.41, 5.74) is 1.82.